The first-order valence-electron chi connectivity index (χ1n) is 10.1. The van der Waals surface area contributed by atoms with Gasteiger partial charge < -0.3 is 9.64 Å². The fourth-order valence-corrected chi connectivity index (χ4v) is 4.38. The fraction of sp³-hybridized carbons (Fsp3) is 0.417. The molecule has 3 heteroatoms. The molecule has 1 unspecified atom stereocenters. The number of ether oxygens (including phenoxy) is 1. The molecule has 4 rings (SSSR count). The molecule has 2 aromatic rings. The van der Waals surface area contributed by atoms with Gasteiger partial charge >= 0.3 is 0 Å². The van der Waals surface area contributed by atoms with Gasteiger partial charge in [0, 0.05) is 37.8 Å². The fourth-order valence-electron chi connectivity index (χ4n) is 4.38. The van der Waals surface area contributed by atoms with E-state index in [0.717, 1.165) is 38.3 Å². The molecule has 0 saturated carbocycles. The molecule has 3 nitrogen and oxygen atoms in total. The summed E-state index contributed by atoms with van der Waals surface area (Å²) >= 11 is 0. The van der Waals surface area contributed by atoms with E-state index in [-0.39, 0.29) is 0 Å². The van der Waals surface area contributed by atoms with Crippen LogP contribution in [0.5, 0.6) is 5.75 Å². The molecule has 27 heavy (non-hydrogen) atoms. The molecule has 2 aliphatic heterocycles. The average molecular weight is 363 g/mol. The second-order valence-corrected chi connectivity index (χ2v) is 7.69. The minimum atomic E-state index is 0.561. The third-order valence-electron chi connectivity index (χ3n) is 6.03. The quantitative estimate of drug-likeness (QED) is 0.704. The van der Waals surface area contributed by atoms with Gasteiger partial charge in [-0.2, -0.15) is 0 Å². The number of hydrogen-bond acceptors (Lipinski definition) is 3. The molecule has 0 aromatic heterocycles. The van der Waals surface area contributed by atoms with E-state index >= 15 is 0 Å². The number of hydrogen-bond donors (Lipinski definition) is 0. The molecule has 0 spiro atoms. The van der Waals surface area contributed by atoms with Crippen LogP contribution in [0.1, 0.15) is 30.4 Å². The first-order valence-corrected chi connectivity index (χ1v) is 10.1. The lowest BCUT2D eigenvalue weighted by molar-refractivity contribution is 0.309. The summed E-state index contributed by atoms with van der Waals surface area (Å²) in [5.74, 6) is 1.49. The van der Waals surface area contributed by atoms with E-state index in [2.05, 4.69) is 71.3 Å². The second kappa shape index (κ2) is 8.18. The Labute approximate surface area is 163 Å². The standard InChI is InChI=1S/C24H30N2O/c1-3-25-14-12-20(13-15-25)17-26-18-21(23-6-4-5-7-24(23)26)16-19-8-10-22(27-2)11-9-19/h4-12,21H,3,13-18H2,1-2H3. The largest absolute Gasteiger partial charge is 0.497 e. The monoisotopic (exact) mass is 362 g/mol. The first kappa shape index (κ1) is 18.1. The molecular formula is C24H30N2O. The summed E-state index contributed by atoms with van der Waals surface area (Å²) < 4.78 is 5.29. The zero-order valence-electron chi connectivity index (χ0n) is 16.5. The maximum Gasteiger partial charge on any atom is 0.118 e. The van der Waals surface area contributed by atoms with Crippen LogP contribution in [0.4, 0.5) is 5.69 Å². The van der Waals surface area contributed by atoms with Crippen LogP contribution < -0.4 is 9.64 Å². The van der Waals surface area contributed by atoms with Crippen molar-refractivity contribution in [1.29, 1.82) is 0 Å². The van der Waals surface area contributed by atoms with Crippen molar-refractivity contribution in [2.24, 2.45) is 0 Å². The van der Waals surface area contributed by atoms with Crippen LogP contribution in [-0.4, -0.2) is 44.7 Å². The summed E-state index contributed by atoms with van der Waals surface area (Å²) in [4.78, 5) is 5.10. The summed E-state index contributed by atoms with van der Waals surface area (Å²) in [6.07, 6.45) is 4.74. The molecule has 2 heterocycles. The predicted molar refractivity (Wildman–Crippen MR) is 113 cm³/mol. The predicted octanol–water partition coefficient (Wildman–Crippen LogP) is 4.49. The van der Waals surface area contributed by atoms with Gasteiger partial charge in [-0.25, -0.2) is 0 Å². The SMILES string of the molecule is CCN1CC=C(CN2CC(Cc3ccc(OC)cc3)c3ccccc32)CC1. The van der Waals surface area contributed by atoms with Crippen molar-refractivity contribution in [3.05, 3.63) is 71.3 Å². The molecule has 2 aromatic carbocycles. The molecule has 0 bridgehead atoms. The summed E-state index contributed by atoms with van der Waals surface area (Å²) in [5.41, 5.74) is 5.90. The van der Waals surface area contributed by atoms with Gasteiger partial charge in [-0.15, -0.1) is 0 Å². The van der Waals surface area contributed by atoms with Crippen LogP contribution >= 0.6 is 0 Å². The smallest absolute Gasteiger partial charge is 0.118 e. The van der Waals surface area contributed by atoms with E-state index in [1.165, 1.54) is 29.8 Å². The highest BCUT2D eigenvalue weighted by Crippen LogP contribution is 2.38. The molecule has 0 fully saturated rings. The van der Waals surface area contributed by atoms with E-state index in [1.54, 1.807) is 12.7 Å². The Morgan fingerprint density at radius 3 is 2.59 bits per heavy atom. The maximum absolute atomic E-state index is 5.29. The summed E-state index contributed by atoms with van der Waals surface area (Å²) in [5, 5.41) is 0. The van der Waals surface area contributed by atoms with Gasteiger partial charge in [-0.05, 0) is 48.7 Å². The van der Waals surface area contributed by atoms with Crippen LogP contribution in [0, 0.1) is 0 Å². The van der Waals surface area contributed by atoms with E-state index in [1.807, 2.05) is 0 Å². The minimum absolute atomic E-state index is 0.561. The summed E-state index contributed by atoms with van der Waals surface area (Å²) in [7, 11) is 1.72. The van der Waals surface area contributed by atoms with E-state index in [4.69, 9.17) is 4.74 Å². The molecule has 2 aliphatic rings. The van der Waals surface area contributed by atoms with Gasteiger partial charge in [0.25, 0.3) is 0 Å². The van der Waals surface area contributed by atoms with Crippen molar-refractivity contribution in [2.45, 2.75) is 25.7 Å². The molecule has 0 radical (unpaired) electrons. The molecular weight excluding hydrogens is 332 g/mol. The van der Waals surface area contributed by atoms with Crippen molar-refractivity contribution in [1.82, 2.24) is 4.90 Å². The van der Waals surface area contributed by atoms with Crippen LogP contribution in [-0.2, 0) is 6.42 Å². The van der Waals surface area contributed by atoms with Crippen LogP contribution in [0.2, 0.25) is 0 Å². The first-order chi connectivity index (χ1) is 13.3. The number of benzene rings is 2. The highest BCUT2D eigenvalue weighted by Gasteiger charge is 2.29. The number of likely N-dealkylation sites (N-methyl/N-ethyl adjacent to an activating group) is 1. The zero-order valence-corrected chi connectivity index (χ0v) is 16.5. The highest BCUT2D eigenvalue weighted by molar-refractivity contribution is 5.61. The van der Waals surface area contributed by atoms with Gasteiger partial charge in [-0.3, -0.25) is 4.90 Å². The zero-order chi connectivity index (χ0) is 18.6. The Hall–Kier alpha value is -2.26. The molecule has 1 atom stereocenters. The van der Waals surface area contributed by atoms with E-state index in [9.17, 15) is 0 Å². The normalized spacial score (nSPS) is 19.7. The Balaban J connectivity index is 1.48. The van der Waals surface area contributed by atoms with Crippen molar-refractivity contribution < 1.29 is 4.74 Å². The van der Waals surface area contributed by atoms with Gasteiger partial charge in [0.2, 0.25) is 0 Å². The Kier molecular flexibility index (Phi) is 5.49. The van der Waals surface area contributed by atoms with Crippen molar-refractivity contribution in [3.63, 3.8) is 0 Å². The maximum atomic E-state index is 5.29. The van der Waals surface area contributed by atoms with Crippen LogP contribution in [0.15, 0.2) is 60.2 Å². The third-order valence-corrected chi connectivity index (χ3v) is 6.03. The number of fused-ring (bicyclic) bond motifs is 1. The Morgan fingerprint density at radius 2 is 1.89 bits per heavy atom. The number of para-hydroxylation sites is 1. The second-order valence-electron chi connectivity index (χ2n) is 7.69. The molecule has 142 valence electrons. The van der Waals surface area contributed by atoms with Crippen LogP contribution in [0.25, 0.3) is 0 Å². The van der Waals surface area contributed by atoms with Crippen molar-refractivity contribution in [3.8, 4) is 5.75 Å². The molecule has 0 amide bonds. The Bertz CT molecular complexity index is 796. The number of anilines is 1. The number of nitrogens with zero attached hydrogens (tertiary/aromatic N) is 2. The van der Waals surface area contributed by atoms with Gasteiger partial charge in [0.1, 0.15) is 5.75 Å². The Morgan fingerprint density at radius 1 is 1.07 bits per heavy atom. The lowest BCUT2D eigenvalue weighted by atomic mass is 9.94. The molecule has 0 aliphatic carbocycles. The summed E-state index contributed by atoms with van der Waals surface area (Å²) in [6, 6.07) is 17.5. The highest BCUT2D eigenvalue weighted by atomic mass is 16.5. The average Bonchev–Trinajstić information content (AvgIpc) is 3.06. The summed E-state index contributed by atoms with van der Waals surface area (Å²) in [6.45, 7) is 7.90. The van der Waals surface area contributed by atoms with Gasteiger partial charge in [0.05, 0.1) is 7.11 Å². The topological polar surface area (TPSA) is 15.7 Å². The molecule has 0 N–H and O–H groups in total. The van der Waals surface area contributed by atoms with Gasteiger partial charge in [0.15, 0.2) is 0 Å². The van der Waals surface area contributed by atoms with E-state index in [0.29, 0.717) is 5.92 Å². The lowest BCUT2D eigenvalue weighted by Gasteiger charge is -2.28. The van der Waals surface area contributed by atoms with Crippen molar-refractivity contribution in [2.75, 3.05) is 44.7 Å². The number of methoxy groups -OCH3 is 1. The number of rotatable bonds is 6. The van der Waals surface area contributed by atoms with E-state index < -0.39 is 0 Å². The third kappa shape index (κ3) is 4.03. The van der Waals surface area contributed by atoms with Crippen LogP contribution in [0.3, 0.4) is 0 Å². The molecule has 0 saturated heterocycles. The minimum Gasteiger partial charge on any atom is -0.497 e. The lowest BCUT2D eigenvalue weighted by Crippen LogP contribution is -2.32. The van der Waals surface area contributed by atoms with Crippen molar-refractivity contribution >= 4 is 5.69 Å². The van der Waals surface area contributed by atoms with Gasteiger partial charge in [-0.1, -0.05) is 48.9 Å².